The van der Waals surface area contributed by atoms with E-state index >= 15 is 0 Å². The maximum Gasteiger partial charge on any atom is 0.214 e. The molecule has 5 heteroatoms. The smallest absolute Gasteiger partial charge is 0.214 e. The first-order valence-electron chi connectivity index (χ1n) is 6.07. The van der Waals surface area contributed by atoms with Crippen molar-refractivity contribution < 1.29 is 13.2 Å². The van der Waals surface area contributed by atoms with E-state index < -0.39 is 15.4 Å². The summed E-state index contributed by atoms with van der Waals surface area (Å²) in [6.45, 7) is 4.11. The summed E-state index contributed by atoms with van der Waals surface area (Å²) in [5.74, 6) is 0.506. The molecule has 0 aromatic heterocycles. The largest absolute Gasteiger partial charge is 0.299 e. The maximum absolute atomic E-state index is 12.2. The minimum absolute atomic E-state index is 0.0185. The molecule has 4 nitrogen and oxygen atoms in total. The van der Waals surface area contributed by atoms with Crippen molar-refractivity contribution in [1.82, 2.24) is 4.31 Å². The van der Waals surface area contributed by atoms with Gasteiger partial charge < -0.3 is 0 Å². The van der Waals surface area contributed by atoms with Crippen molar-refractivity contribution in [1.29, 1.82) is 0 Å². The summed E-state index contributed by atoms with van der Waals surface area (Å²) in [5, 5.41) is 0. The minimum Gasteiger partial charge on any atom is -0.299 e. The fraction of sp³-hybridized carbons (Fsp3) is 0.917. The molecule has 2 fully saturated rings. The molecule has 0 heterocycles. The summed E-state index contributed by atoms with van der Waals surface area (Å²) in [5.41, 5.74) is -0.812. The van der Waals surface area contributed by atoms with E-state index in [1.807, 2.05) is 0 Å². The number of carbonyl (C=O) groups excluding carboxylic acids is 1. The molecule has 2 bridgehead atoms. The minimum atomic E-state index is -3.32. The van der Waals surface area contributed by atoms with Gasteiger partial charge in [0.2, 0.25) is 10.0 Å². The topological polar surface area (TPSA) is 54.5 Å². The van der Waals surface area contributed by atoms with Crippen molar-refractivity contribution in [3.05, 3.63) is 0 Å². The number of hydrogen-bond acceptors (Lipinski definition) is 3. The summed E-state index contributed by atoms with van der Waals surface area (Å²) in [7, 11) is -0.252. The van der Waals surface area contributed by atoms with Crippen LogP contribution in [0.25, 0.3) is 0 Å². The maximum atomic E-state index is 12.2. The predicted molar refractivity (Wildman–Crippen MR) is 66.0 cm³/mol. The zero-order valence-corrected chi connectivity index (χ0v) is 11.8. The third kappa shape index (κ3) is 1.58. The number of carbonyl (C=O) groups is 1. The van der Waals surface area contributed by atoms with Crippen molar-refractivity contribution in [2.75, 3.05) is 19.8 Å². The average molecular weight is 259 g/mol. The quantitative estimate of drug-likeness (QED) is 0.767. The summed E-state index contributed by atoms with van der Waals surface area (Å²) in [6.07, 6.45) is 2.29. The van der Waals surface area contributed by atoms with Crippen LogP contribution in [0.4, 0.5) is 0 Å². The second kappa shape index (κ2) is 3.54. The molecule has 0 unspecified atom stereocenters. The van der Waals surface area contributed by atoms with E-state index in [1.165, 1.54) is 18.4 Å². The van der Waals surface area contributed by atoms with Crippen molar-refractivity contribution in [3.8, 4) is 0 Å². The van der Waals surface area contributed by atoms with Crippen LogP contribution in [0.15, 0.2) is 0 Å². The lowest BCUT2D eigenvalue weighted by Gasteiger charge is -2.36. The second-order valence-electron chi connectivity index (χ2n) is 6.21. The van der Waals surface area contributed by atoms with Gasteiger partial charge in [-0.05, 0) is 24.2 Å². The van der Waals surface area contributed by atoms with Crippen LogP contribution in [0.3, 0.4) is 0 Å². The number of ketones is 1. The van der Waals surface area contributed by atoms with Crippen LogP contribution in [0.1, 0.15) is 33.1 Å². The standard InChI is InChI=1S/C12H21NO3S/c1-11(2)9-5-6-12(11,10(14)7-9)8-17(15,16)13(3)4/h9H,5-8H2,1-4H3/t9-,12+/m0/s1. The van der Waals surface area contributed by atoms with Crippen molar-refractivity contribution in [2.24, 2.45) is 16.7 Å². The molecule has 0 spiro atoms. The molecule has 98 valence electrons. The Morgan fingerprint density at radius 1 is 1.35 bits per heavy atom. The molecule has 2 aliphatic rings. The highest BCUT2D eigenvalue weighted by atomic mass is 32.2. The lowest BCUT2D eigenvalue weighted by atomic mass is 9.70. The van der Waals surface area contributed by atoms with Crippen LogP contribution < -0.4 is 0 Å². The molecular formula is C12H21NO3S. The molecule has 2 saturated carbocycles. The zero-order chi connectivity index (χ0) is 13.1. The fourth-order valence-corrected chi connectivity index (χ4v) is 5.11. The van der Waals surface area contributed by atoms with Crippen LogP contribution >= 0.6 is 0 Å². The van der Waals surface area contributed by atoms with Gasteiger partial charge in [0.1, 0.15) is 5.78 Å². The molecule has 0 aromatic carbocycles. The Bertz CT molecular complexity index is 452. The number of fused-ring (bicyclic) bond motifs is 2. The van der Waals surface area contributed by atoms with E-state index in [-0.39, 0.29) is 17.0 Å². The second-order valence-corrected chi connectivity index (χ2v) is 8.39. The van der Waals surface area contributed by atoms with Crippen molar-refractivity contribution in [2.45, 2.75) is 33.1 Å². The number of hydrogen-bond donors (Lipinski definition) is 0. The van der Waals surface area contributed by atoms with E-state index in [1.54, 1.807) is 0 Å². The molecule has 17 heavy (non-hydrogen) atoms. The molecule has 2 rings (SSSR count). The van der Waals surface area contributed by atoms with Gasteiger partial charge in [-0.25, -0.2) is 12.7 Å². The molecule has 0 N–H and O–H groups in total. The molecule has 0 radical (unpaired) electrons. The Morgan fingerprint density at radius 3 is 2.29 bits per heavy atom. The summed E-state index contributed by atoms with van der Waals surface area (Å²) >= 11 is 0. The monoisotopic (exact) mass is 259 g/mol. The molecule has 0 aliphatic heterocycles. The average Bonchev–Trinajstić information content (AvgIpc) is 2.50. The third-order valence-electron chi connectivity index (χ3n) is 5.12. The first-order chi connectivity index (χ1) is 7.63. The fourth-order valence-electron chi connectivity index (χ4n) is 3.55. The van der Waals surface area contributed by atoms with Crippen LogP contribution in [0.2, 0.25) is 0 Å². The van der Waals surface area contributed by atoms with E-state index in [0.29, 0.717) is 12.3 Å². The van der Waals surface area contributed by atoms with Gasteiger partial charge >= 0.3 is 0 Å². The van der Waals surface area contributed by atoms with Crippen LogP contribution in [-0.2, 0) is 14.8 Å². The summed E-state index contributed by atoms with van der Waals surface area (Å²) < 4.78 is 25.4. The number of Topliss-reactive ketones (excluding diaryl/α,β-unsaturated/α-hetero) is 1. The zero-order valence-electron chi connectivity index (χ0n) is 11.0. The van der Waals surface area contributed by atoms with Gasteiger partial charge in [0, 0.05) is 25.9 Å². The van der Waals surface area contributed by atoms with Gasteiger partial charge in [0.15, 0.2) is 0 Å². The van der Waals surface area contributed by atoms with Crippen LogP contribution in [0, 0.1) is 16.7 Å². The van der Waals surface area contributed by atoms with Crippen LogP contribution in [0.5, 0.6) is 0 Å². The third-order valence-corrected chi connectivity index (χ3v) is 7.09. The first-order valence-corrected chi connectivity index (χ1v) is 7.68. The highest BCUT2D eigenvalue weighted by molar-refractivity contribution is 7.89. The van der Waals surface area contributed by atoms with Crippen molar-refractivity contribution in [3.63, 3.8) is 0 Å². The molecule has 0 amide bonds. The van der Waals surface area contributed by atoms with Crippen LogP contribution in [-0.4, -0.2) is 38.4 Å². The SMILES string of the molecule is CN(C)S(=O)(=O)C[C@]12CC[C@@H](CC1=O)C2(C)C. The van der Waals surface area contributed by atoms with Gasteiger partial charge in [0.25, 0.3) is 0 Å². The highest BCUT2D eigenvalue weighted by Gasteiger charge is 2.65. The number of sulfonamides is 1. The normalized spacial score (nSPS) is 35.8. The molecule has 0 aromatic rings. The summed E-state index contributed by atoms with van der Waals surface area (Å²) in [6, 6.07) is 0. The van der Waals surface area contributed by atoms with Gasteiger partial charge in [-0.15, -0.1) is 0 Å². The van der Waals surface area contributed by atoms with E-state index in [4.69, 9.17) is 0 Å². The molecular weight excluding hydrogens is 238 g/mol. The van der Waals surface area contributed by atoms with Gasteiger partial charge in [-0.2, -0.15) is 0 Å². The number of rotatable bonds is 3. The molecule has 2 aliphatic carbocycles. The Balaban J connectivity index is 2.40. The lowest BCUT2D eigenvalue weighted by Crippen LogP contribution is -2.45. The Kier molecular flexibility index (Phi) is 2.71. The van der Waals surface area contributed by atoms with Gasteiger partial charge in [0.05, 0.1) is 5.75 Å². The molecule has 2 atom stereocenters. The Labute approximate surface area is 103 Å². The lowest BCUT2D eigenvalue weighted by molar-refractivity contribution is -0.128. The highest BCUT2D eigenvalue weighted by Crippen LogP contribution is 2.64. The van der Waals surface area contributed by atoms with Crippen molar-refractivity contribution >= 4 is 15.8 Å². The Morgan fingerprint density at radius 2 is 1.94 bits per heavy atom. The van der Waals surface area contributed by atoms with E-state index in [9.17, 15) is 13.2 Å². The summed E-state index contributed by atoms with van der Waals surface area (Å²) in [4.78, 5) is 12.2. The first kappa shape index (κ1) is 13.0. The number of nitrogens with zero attached hydrogens (tertiary/aromatic N) is 1. The van der Waals surface area contributed by atoms with E-state index in [2.05, 4.69) is 13.8 Å². The van der Waals surface area contributed by atoms with Gasteiger partial charge in [-0.1, -0.05) is 13.8 Å². The van der Waals surface area contributed by atoms with Gasteiger partial charge in [-0.3, -0.25) is 4.79 Å². The predicted octanol–water partition coefficient (Wildman–Crippen LogP) is 1.27. The Hall–Kier alpha value is -0.420. The van der Waals surface area contributed by atoms with E-state index in [0.717, 1.165) is 12.8 Å². The molecule has 0 saturated heterocycles.